The van der Waals surface area contributed by atoms with E-state index >= 15 is 0 Å². The number of phenols is 2. The van der Waals surface area contributed by atoms with Crippen molar-refractivity contribution in [2.45, 2.75) is 6.61 Å². The molecule has 0 radical (unpaired) electrons. The largest absolute Gasteiger partial charge is 0.508 e. The van der Waals surface area contributed by atoms with E-state index in [4.69, 9.17) is 5.11 Å². The molecule has 0 saturated carbocycles. The monoisotopic (exact) mass is 366 g/mol. The summed E-state index contributed by atoms with van der Waals surface area (Å²) in [5.74, 6) is -0.918. The first-order valence-electron chi connectivity index (χ1n) is 7.94. The molecule has 2 aromatic carbocycles. The van der Waals surface area contributed by atoms with Crippen molar-refractivity contribution in [3.63, 3.8) is 0 Å². The molecule has 0 saturated heterocycles. The van der Waals surface area contributed by atoms with Gasteiger partial charge in [0.15, 0.2) is 12.1 Å². The van der Waals surface area contributed by atoms with E-state index in [2.05, 4.69) is 0 Å². The van der Waals surface area contributed by atoms with Crippen LogP contribution in [0.4, 0.5) is 0 Å². The van der Waals surface area contributed by atoms with Gasteiger partial charge in [-0.15, -0.1) is 0 Å². The lowest BCUT2D eigenvalue weighted by atomic mass is 10.1. The smallest absolute Gasteiger partial charge is 0.182 e. The first-order chi connectivity index (χ1) is 12.9. The van der Waals surface area contributed by atoms with Crippen molar-refractivity contribution in [1.82, 2.24) is 0 Å². The van der Waals surface area contributed by atoms with Gasteiger partial charge in [0.05, 0.1) is 12.2 Å². The summed E-state index contributed by atoms with van der Waals surface area (Å²) in [6.45, 7) is -0.318. The summed E-state index contributed by atoms with van der Waals surface area (Å²) in [5.41, 5.74) is 1.64. The van der Waals surface area contributed by atoms with Crippen molar-refractivity contribution in [2.24, 2.45) is 0 Å². The van der Waals surface area contributed by atoms with Crippen LogP contribution in [0.1, 0.15) is 27.0 Å². The molecular weight excluding hydrogens is 348 g/mol. The number of carbonyl (C=O) groups is 2. The van der Waals surface area contributed by atoms with Crippen LogP contribution in [0.2, 0.25) is 0 Å². The maximum atomic E-state index is 11.9. The Morgan fingerprint density at radius 1 is 0.926 bits per heavy atom. The lowest BCUT2D eigenvalue weighted by Gasteiger charge is -2.02. The predicted molar refractivity (Wildman–Crippen MR) is 101 cm³/mol. The average molecular weight is 366 g/mol. The number of aromatic hydroxyl groups is 2. The summed E-state index contributed by atoms with van der Waals surface area (Å²) in [6.07, 6.45) is 7.03. The lowest BCUT2D eigenvalue weighted by Crippen LogP contribution is -1.89. The van der Waals surface area contributed by atoms with Crippen LogP contribution in [0.15, 0.2) is 60.4 Å². The molecule has 2 aromatic rings. The molecule has 0 aliphatic heterocycles. The van der Waals surface area contributed by atoms with E-state index < -0.39 is 5.78 Å². The molecule has 0 unspecified atom stereocenters. The molecule has 6 nitrogen and oxygen atoms in total. The van der Waals surface area contributed by atoms with E-state index in [1.54, 1.807) is 18.2 Å². The number of phenolic OH excluding ortho intramolecular Hbond substituents is 1. The molecule has 4 N–H and O–H groups in total. The number of aldehydes is 1. The summed E-state index contributed by atoms with van der Waals surface area (Å²) in [4.78, 5) is 22.6. The van der Waals surface area contributed by atoms with E-state index in [0.717, 1.165) is 6.08 Å². The van der Waals surface area contributed by atoms with Gasteiger partial charge in [-0.3, -0.25) is 9.59 Å². The minimum Gasteiger partial charge on any atom is -0.508 e. The Morgan fingerprint density at radius 3 is 2.22 bits per heavy atom. The number of ketones is 1. The zero-order valence-electron chi connectivity index (χ0n) is 14.2. The Bertz CT molecular complexity index is 938. The molecule has 0 spiro atoms. The molecule has 2 rings (SSSR count). The molecule has 138 valence electrons. The van der Waals surface area contributed by atoms with E-state index in [-0.39, 0.29) is 29.4 Å². The van der Waals surface area contributed by atoms with Crippen LogP contribution in [0.3, 0.4) is 0 Å². The zero-order valence-corrected chi connectivity index (χ0v) is 14.2. The van der Waals surface area contributed by atoms with Crippen LogP contribution < -0.4 is 0 Å². The van der Waals surface area contributed by atoms with Crippen molar-refractivity contribution in [1.29, 1.82) is 0 Å². The van der Waals surface area contributed by atoms with Gasteiger partial charge in [0, 0.05) is 11.6 Å². The number of benzene rings is 2. The van der Waals surface area contributed by atoms with Gasteiger partial charge in [-0.2, -0.15) is 0 Å². The van der Waals surface area contributed by atoms with Crippen LogP contribution in [-0.4, -0.2) is 32.5 Å². The maximum absolute atomic E-state index is 11.9. The van der Waals surface area contributed by atoms with Gasteiger partial charge in [0.1, 0.15) is 17.3 Å². The van der Waals surface area contributed by atoms with Gasteiger partial charge in [0.2, 0.25) is 0 Å². The Labute approximate surface area is 155 Å². The highest BCUT2D eigenvalue weighted by atomic mass is 16.3. The minimum atomic E-state index is -0.473. The van der Waals surface area contributed by atoms with E-state index in [1.807, 2.05) is 0 Å². The highest BCUT2D eigenvalue weighted by Crippen LogP contribution is 2.19. The SMILES string of the molecule is O=Cc1cc(/C=C/C(=O)/C=C(O)/C=C/c2ccc(O)c(CO)c2)ccc1O. The quantitative estimate of drug-likeness (QED) is 0.259. The number of carbonyl (C=O) groups excluding carboxylic acids is 2. The molecular formula is C21H18O6. The number of aliphatic hydroxyl groups excluding tert-OH is 2. The first-order valence-corrected chi connectivity index (χ1v) is 7.94. The maximum Gasteiger partial charge on any atom is 0.182 e. The second-order valence-electron chi connectivity index (χ2n) is 5.62. The number of hydrogen-bond donors (Lipinski definition) is 4. The van der Waals surface area contributed by atoms with Crippen LogP contribution in [0.5, 0.6) is 11.5 Å². The molecule has 0 aromatic heterocycles. The van der Waals surface area contributed by atoms with Crippen molar-refractivity contribution in [3.8, 4) is 11.5 Å². The van der Waals surface area contributed by atoms with Crippen LogP contribution in [0, 0.1) is 0 Å². The van der Waals surface area contributed by atoms with Crippen LogP contribution >= 0.6 is 0 Å². The van der Waals surface area contributed by atoms with Gasteiger partial charge in [-0.25, -0.2) is 0 Å². The highest BCUT2D eigenvalue weighted by molar-refractivity contribution is 6.02. The van der Waals surface area contributed by atoms with Crippen LogP contribution in [0.25, 0.3) is 12.2 Å². The average Bonchev–Trinajstić information content (AvgIpc) is 2.66. The number of hydrogen-bond acceptors (Lipinski definition) is 6. The third-order valence-electron chi connectivity index (χ3n) is 3.63. The van der Waals surface area contributed by atoms with Crippen molar-refractivity contribution in [2.75, 3.05) is 0 Å². The van der Waals surface area contributed by atoms with Gasteiger partial charge in [0.25, 0.3) is 0 Å². The second-order valence-corrected chi connectivity index (χ2v) is 5.62. The van der Waals surface area contributed by atoms with Gasteiger partial charge in [-0.05, 0) is 47.5 Å². The van der Waals surface area contributed by atoms with E-state index in [9.17, 15) is 24.9 Å². The summed E-state index contributed by atoms with van der Waals surface area (Å²) >= 11 is 0. The standard InChI is InChI=1S/C21H18O6/c22-12-16-9-14(3-7-20(16)26)1-5-18(24)11-19(25)6-2-15-4-8-21(27)17(10-15)13-23/h1-12,23,25-27H,13H2/b5-1+,6-2+,19-11-. The predicted octanol–water partition coefficient (Wildman–Crippen LogP) is 3.14. The fourth-order valence-corrected chi connectivity index (χ4v) is 2.21. The molecule has 0 fully saturated rings. The van der Waals surface area contributed by atoms with Gasteiger partial charge < -0.3 is 20.4 Å². The Morgan fingerprint density at radius 2 is 1.56 bits per heavy atom. The van der Waals surface area contributed by atoms with E-state index in [0.29, 0.717) is 23.0 Å². The normalized spacial score (nSPS) is 12.0. The Balaban J connectivity index is 2.06. The van der Waals surface area contributed by atoms with Crippen molar-refractivity contribution >= 4 is 24.2 Å². The summed E-state index contributed by atoms with van der Waals surface area (Å²) in [6, 6.07) is 8.89. The summed E-state index contributed by atoms with van der Waals surface area (Å²) < 4.78 is 0. The molecule has 0 atom stereocenters. The Kier molecular flexibility index (Phi) is 6.68. The zero-order chi connectivity index (χ0) is 19.8. The third kappa shape index (κ3) is 5.69. The topological polar surface area (TPSA) is 115 Å². The molecule has 0 bridgehead atoms. The van der Waals surface area contributed by atoms with Gasteiger partial charge in [-0.1, -0.05) is 24.3 Å². The highest BCUT2D eigenvalue weighted by Gasteiger charge is 2.01. The number of allylic oxidation sites excluding steroid dienone is 3. The van der Waals surface area contributed by atoms with E-state index in [1.165, 1.54) is 42.5 Å². The fraction of sp³-hybridized carbons (Fsp3) is 0.0476. The summed E-state index contributed by atoms with van der Waals surface area (Å²) in [7, 11) is 0. The Hall–Kier alpha value is -3.64. The molecule has 0 amide bonds. The lowest BCUT2D eigenvalue weighted by molar-refractivity contribution is -0.110. The summed E-state index contributed by atoms with van der Waals surface area (Å²) in [5, 5.41) is 37.9. The molecule has 0 aliphatic rings. The minimum absolute atomic E-state index is 0.0262. The fourth-order valence-electron chi connectivity index (χ4n) is 2.21. The van der Waals surface area contributed by atoms with Crippen LogP contribution in [-0.2, 0) is 11.4 Å². The van der Waals surface area contributed by atoms with Gasteiger partial charge >= 0.3 is 0 Å². The molecule has 0 heterocycles. The first kappa shape index (κ1) is 19.7. The molecule has 0 aliphatic carbocycles. The third-order valence-corrected chi connectivity index (χ3v) is 3.63. The molecule has 6 heteroatoms. The van der Waals surface area contributed by atoms with Crippen molar-refractivity contribution in [3.05, 3.63) is 82.6 Å². The number of rotatable bonds is 7. The number of aliphatic hydroxyl groups is 2. The van der Waals surface area contributed by atoms with Crippen molar-refractivity contribution < 1.29 is 30.0 Å². The second kappa shape index (κ2) is 9.17. The molecule has 27 heavy (non-hydrogen) atoms.